The molecule has 0 aromatic carbocycles. The number of carboxylic acid groups (broad SMARTS) is 1. The molecule has 1 rings (SSSR count). The molecule has 2 N–H and O–H groups in total. The fourth-order valence-electron chi connectivity index (χ4n) is 2.50. The molecular formula is C14H26N2O3S. The van der Waals surface area contributed by atoms with Crippen LogP contribution in [-0.2, 0) is 4.79 Å². The molecule has 0 bridgehead atoms. The lowest BCUT2D eigenvalue weighted by molar-refractivity contribution is -0.138. The number of nitrogens with one attached hydrogen (secondary N) is 1. The number of carboxylic acids is 1. The quantitative estimate of drug-likeness (QED) is 0.789. The molecule has 1 heterocycles. The third kappa shape index (κ3) is 6.50. The van der Waals surface area contributed by atoms with Crippen LogP contribution in [0.15, 0.2) is 0 Å². The molecule has 2 atom stereocenters. The fraction of sp³-hybridized carbons (Fsp3) is 0.857. The van der Waals surface area contributed by atoms with E-state index in [-0.39, 0.29) is 18.4 Å². The Kier molecular flexibility index (Phi) is 7.19. The van der Waals surface area contributed by atoms with Gasteiger partial charge >= 0.3 is 12.0 Å². The fourth-order valence-corrected chi connectivity index (χ4v) is 3.51. The third-order valence-electron chi connectivity index (χ3n) is 3.34. The highest BCUT2D eigenvalue weighted by Crippen LogP contribution is 2.18. The van der Waals surface area contributed by atoms with Crippen LogP contribution in [0.5, 0.6) is 0 Å². The predicted molar refractivity (Wildman–Crippen MR) is 82.1 cm³/mol. The Labute approximate surface area is 125 Å². The van der Waals surface area contributed by atoms with Crippen LogP contribution in [0.25, 0.3) is 0 Å². The highest BCUT2D eigenvalue weighted by atomic mass is 32.2. The van der Waals surface area contributed by atoms with E-state index in [2.05, 4.69) is 26.1 Å². The number of amides is 2. The molecule has 0 saturated carbocycles. The van der Waals surface area contributed by atoms with Gasteiger partial charge in [-0.1, -0.05) is 20.8 Å². The zero-order chi connectivity index (χ0) is 15.1. The van der Waals surface area contributed by atoms with Crippen molar-refractivity contribution in [3.05, 3.63) is 0 Å². The van der Waals surface area contributed by atoms with Crippen molar-refractivity contribution in [2.45, 2.75) is 38.9 Å². The van der Waals surface area contributed by atoms with Gasteiger partial charge in [-0.2, -0.15) is 11.8 Å². The number of rotatable bonds is 6. The van der Waals surface area contributed by atoms with E-state index in [4.69, 9.17) is 5.11 Å². The number of hydrogen-bond acceptors (Lipinski definition) is 3. The molecule has 1 aliphatic heterocycles. The third-order valence-corrected chi connectivity index (χ3v) is 4.47. The van der Waals surface area contributed by atoms with Gasteiger partial charge in [0.2, 0.25) is 0 Å². The summed E-state index contributed by atoms with van der Waals surface area (Å²) in [6.07, 6.45) is 0.934. The van der Waals surface area contributed by atoms with E-state index >= 15 is 0 Å². The van der Waals surface area contributed by atoms with Gasteiger partial charge < -0.3 is 15.3 Å². The second-order valence-electron chi connectivity index (χ2n) is 5.91. The maximum Gasteiger partial charge on any atom is 0.317 e. The lowest BCUT2D eigenvalue weighted by Crippen LogP contribution is -2.47. The van der Waals surface area contributed by atoms with Crippen molar-refractivity contribution in [1.29, 1.82) is 0 Å². The van der Waals surface area contributed by atoms with Crippen LogP contribution in [0.3, 0.4) is 0 Å². The zero-order valence-electron chi connectivity index (χ0n) is 12.6. The maximum atomic E-state index is 12.1. The van der Waals surface area contributed by atoms with Gasteiger partial charge in [0, 0.05) is 37.1 Å². The van der Waals surface area contributed by atoms with Crippen LogP contribution in [-0.4, -0.2) is 52.6 Å². The Hall–Kier alpha value is -0.910. The first-order valence-electron chi connectivity index (χ1n) is 7.24. The molecule has 5 nitrogen and oxygen atoms in total. The molecule has 0 aromatic heterocycles. The number of hydrogen-bond donors (Lipinski definition) is 2. The summed E-state index contributed by atoms with van der Waals surface area (Å²) in [5.74, 6) is 0.614. The highest BCUT2D eigenvalue weighted by Gasteiger charge is 2.22. The minimum atomic E-state index is -0.798. The van der Waals surface area contributed by atoms with Crippen LogP contribution in [0.2, 0.25) is 0 Å². The van der Waals surface area contributed by atoms with Crippen molar-refractivity contribution in [1.82, 2.24) is 10.2 Å². The number of carbonyl (C=O) groups is 2. The van der Waals surface area contributed by atoms with Gasteiger partial charge in [-0.3, -0.25) is 4.79 Å². The first kappa shape index (κ1) is 17.1. The molecule has 0 aliphatic carbocycles. The second-order valence-corrected chi connectivity index (χ2v) is 7.45. The molecule has 1 fully saturated rings. The summed E-state index contributed by atoms with van der Waals surface area (Å²) in [6.45, 7) is 8.25. The van der Waals surface area contributed by atoms with E-state index in [1.807, 2.05) is 16.7 Å². The van der Waals surface area contributed by atoms with Crippen molar-refractivity contribution in [2.75, 3.05) is 25.4 Å². The molecular weight excluding hydrogens is 276 g/mol. The van der Waals surface area contributed by atoms with E-state index in [0.717, 1.165) is 25.3 Å². The van der Waals surface area contributed by atoms with Gasteiger partial charge in [-0.15, -0.1) is 0 Å². The Morgan fingerprint density at radius 3 is 2.70 bits per heavy atom. The van der Waals surface area contributed by atoms with Crippen LogP contribution >= 0.6 is 11.8 Å². The van der Waals surface area contributed by atoms with Crippen LogP contribution in [0.1, 0.15) is 33.6 Å². The van der Waals surface area contributed by atoms with E-state index < -0.39 is 5.97 Å². The van der Waals surface area contributed by atoms with Crippen molar-refractivity contribution < 1.29 is 14.7 Å². The summed E-state index contributed by atoms with van der Waals surface area (Å²) in [5.41, 5.74) is 0. The van der Waals surface area contributed by atoms with Gasteiger partial charge in [-0.25, -0.2) is 4.79 Å². The smallest absolute Gasteiger partial charge is 0.317 e. The molecule has 1 aliphatic rings. The van der Waals surface area contributed by atoms with E-state index in [9.17, 15) is 9.59 Å². The monoisotopic (exact) mass is 302 g/mol. The standard InChI is InChI=1S/C14H26N2O3S/c1-10(2)6-12(7-13(17)18)8-15-14(19)16-4-5-20-11(3)9-16/h10-12H,4-9H2,1-3H3,(H,15,19)(H,17,18)/t11?,12-/m0/s1. The Morgan fingerprint density at radius 2 is 2.15 bits per heavy atom. The van der Waals surface area contributed by atoms with Crippen molar-refractivity contribution in [3.8, 4) is 0 Å². The number of nitrogens with zero attached hydrogens (tertiary/aromatic N) is 1. The number of urea groups is 1. The van der Waals surface area contributed by atoms with E-state index in [0.29, 0.717) is 17.7 Å². The van der Waals surface area contributed by atoms with E-state index in [1.165, 1.54) is 0 Å². The summed E-state index contributed by atoms with van der Waals surface area (Å²) in [4.78, 5) is 24.8. The van der Waals surface area contributed by atoms with Crippen LogP contribution in [0, 0.1) is 11.8 Å². The average Bonchev–Trinajstić information content (AvgIpc) is 2.34. The second kappa shape index (κ2) is 8.39. The first-order valence-corrected chi connectivity index (χ1v) is 8.29. The van der Waals surface area contributed by atoms with Crippen LogP contribution < -0.4 is 5.32 Å². The number of aliphatic carboxylic acids is 1. The molecule has 20 heavy (non-hydrogen) atoms. The van der Waals surface area contributed by atoms with Gasteiger partial charge in [0.25, 0.3) is 0 Å². The predicted octanol–water partition coefficient (Wildman–Crippen LogP) is 2.27. The van der Waals surface area contributed by atoms with Crippen molar-refractivity contribution in [3.63, 3.8) is 0 Å². The first-order chi connectivity index (χ1) is 9.38. The summed E-state index contributed by atoms with van der Waals surface area (Å²) in [7, 11) is 0. The summed E-state index contributed by atoms with van der Waals surface area (Å²) in [6, 6.07) is -0.0590. The lowest BCUT2D eigenvalue weighted by Gasteiger charge is -2.31. The zero-order valence-corrected chi connectivity index (χ0v) is 13.4. The SMILES string of the molecule is CC(C)C[C@H](CNC(=O)N1CCSC(C)C1)CC(=O)O. The maximum absolute atomic E-state index is 12.1. The Morgan fingerprint density at radius 1 is 1.45 bits per heavy atom. The van der Waals surface area contributed by atoms with Gasteiger partial charge in [0.1, 0.15) is 0 Å². The van der Waals surface area contributed by atoms with Crippen LogP contribution in [0.4, 0.5) is 4.79 Å². The normalized spacial score (nSPS) is 20.8. The van der Waals surface area contributed by atoms with Gasteiger partial charge in [0.05, 0.1) is 0 Å². The molecule has 116 valence electrons. The Balaban J connectivity index is 2.40. The largest absolute Gasteiger partial charge is 0.481 e. The molecule has 0 radical (unpaired) electrons. The summed E-state index contributed by atoms with van der Waals surface area (Å²) in [5, 5.41) is 12.3. The Bertz CT molecular complexity index is 336. The molecule has 0 spiro atoms. The van der Waals surface area contributed by atoms with Crippen molar-refractivity contribution >= 4 is 23.8 Å². The minimum absolute atomic E-state index is 0.00744. The minimum Gasteiger partial charge on any atom is -0.481 e. The topological polar surface area (TPSA) is 69.6 Å². The molecule has 1 saturated heterocycles. The number of thioether (sulfide) groups is 1. The molecule has 0 aromatic rings. The lowest BCUT2D eigenvalue weighted by atomic mass is 9.94. The van der Waals surface area contributed by atoms with Crippen molar-refractivity contribution in [2.24, 2.45) is 11.8 Å². The molecule has 2 amide bonds. The molecule has 1 unspecified atom stereocenters. The highest BCUT2D eigenvalue weighted by molar-refractivity contribution is 7.99. The summed E-state index contributed by atoms with van der Waals surface area (Å²) < 4.78 is 0. The summed E-state index contributed by atoms with van der Waals surface area (Å²) >= 11 is 1.88. The van der Waals surface area contributed by atoms with E-state index in [1.54, 1.807) is 0 Å². The van der Waals surface area contributed by atoms with Gasteiger partial charge in [0.15, 0.2) is 0 Å². The van der Waals surface area contributed by atoms with Gasteiger partial charge in [-0.05, 0) is 18.3 Å². The number of carbonyl (C=O) groups excluding carboxylic acids is 1. The average molecular weight is 302 g/mol. The molecule has 6 heteroatoms.